The van der Waals surface area contributed by atoms with Gasteiger partial charge in [-0.3, -0.25) is 0 Å². The smallest absolute Gasteiger partial charge is 0.414 e. The van der Waals surface area contributed by atoms with Crippen LogP contribution in [0, 0.1) is 6.92 Å². The van der Waals surface area contributed by atoms with E-state index in [0.29, 0.717) is 12.5 Å². The quantitative estimate of drug-likeness (QED) is 0.419. The average molecular weight is 340 g/mol. The summed E-state index contributed by atoms with van der Waals surface area (Å²) in [5.41, 5.74) is 8.10. The first-order valence-corrected chi connectivity index (χ1v) is 7.90. The van der Waals surface area contributed by atoms with Crippen molar-refractivity contribution >= 4 is 11.9 Å². The van der Waals surface area contributed by atoms with Crippen LogP contribution in [0.4, 0.5) is 0 Å². The highest BCUT2D eigenvalue weighted by atomic mass is 16.5. The Kier molecular flexibility index (Phi) is 11.2. The fourth-order valence-corrected chi connectivity index (χ4v) is 2.00. The molecule has 24 heavy (non-hydrogen) atoms. The number of carboxylic acid groups (broad SMARTS) is 2. The van der Waals surface area contributed by atoms with E-state index in [1.807, 2.05) is 0 Å². The number of ether oxygens (including phenoxy) is 1. The lowest BCUT2D eigenvalue weighted by molar-refractivity contribution is -0.159. The van der Waals surface area contributed by atoms with Gasteiger partial charge < -0.3 is 26.0 Å². The number of nitrogens with two attached hydrogens (primary N) is 1. The van der Waals surface area contributed by atoms with Crippen LogP contribution in [0.25, 0.3) is 0 Å². The third-order valence-electron chi connectivity index (χ3n) is 3.13. The molecule has 0 aromatic heterocycles. The van der Waals surface area contributed by atoms with Crippen molar-refractivity contribution in [2.45, 2.75) is 33.1 Å². The van der Waals surface area contributed by atoms with Crippen molar-refractivity contribution in [3.05, 3.63) is 29.3 Å². The normalized spacial score (nSPS) is 10.0. The van der Waals surface area contributed by atoms with E-state index in [-0.39, 0.29) is 0 Å². The molecule has 0 aliphatic rings. The molecule has 1 aromatic carbocycles. The van der Waals surface area contributed by atoms with Crippen LogP contribution in [0.5, 0.6) is 5.75 Å². The summed E-state index contributed by atoms with van der Waals surface area (Å²) in [7, 11) is 0. The second kappa shape index (κ2) is 12.3. The van der Waals surface area contributed by atoms with Gasteiger partial charge in [-0.1, -0.05) is 19.9 Å². The molecule has 0 saturated heterocycles. The summed E-state index contributed by atoms with van der Waals surface area (Å²) in [5, 5.41) is 18.0. The second-order valence-corrected chi connectivity index (χ2v) is 5.52. The molecule has 0 saturated carbocycles. The molecule has 0 atom stereocenters. The molecule has 7 nitrogen and oxygen atoms in total. The predicted octanol–water partition coefficient (Wildman–Crippen LogP) is 1.59. The van der Waals surface area contributed by atoms with Gasteiger partial charge in [0.15, 0.2) is 0 Å². The minimum Gasteiger partial charge on any atom is -0.494 e. The van der Waals surface area contributed by atoms with Crippen molar-refractivity contribution in [1.82, 2.24) is 5.32 Å². The van der Waals surface area contributed by atoms with Crippen LogP contribution in [-0.2, 0) is 9.59 Å². The molecule has 0 spiro atoms. The molecule has 0 bridgehead atoms. The van der Waals surface area contributed by atoms with Gasteiger partial charge in [-0.15, -0.1) is 0 Å². The van der Waals surface area contributed by atoms with Gasteiger partial charge in [0.1, 0.15) is 5.75 Å². The van der Waals surface area contributed by atoms with Gasteiger partial charge >= 0.3 is 11.9 Å². The van der Waals surface area contributed by atoms with E-state index in [4.69, 9.17) is 30.3 Å². The molecule has 0 fully saturated rings. The van der Waals surface area contributed by atoms with E-state index in [1.54, 1.807) is 0 Å². The Morgan fingerprint density at radius 1 is 1.21 bits per heavy atom. The maximum atomic E-state index is 9.10. The monoisotopic (exact) mass is 340 g/mol. The van der Waals surface area contributed by atoms with E-state index in [0.717, 1.165) is 31.9 Å². The lowest BCUT2D eigenvalue weighted by Crippen LogP contribution is -2.24. The van der Waals surface area contributed by atoms with Crippen LogP contribution < -0.4 is 15.8 Å². The summed E-state index contributed by atoms with van der Waals surface area (Å²) in [5.74, 6) is -2.11. The first kappa shape index (κ1) is 21.9. The summed E-state index contributed by atoms with van der Waals surface area (Å²) in [6, 6.07) is 6.36. The predicted molar refractivity (Wildman–Crippen MR) is 92.6 cm³/mol. The number of benzene rings is 1. The number of rotatable bonds is 8. The summed E-state index contributed by atoms with van der Waals surface area (Å²) in [6.07, 6.45) is 1.00. The zero-order valence-corrected chi connectivity index (χ0v) is 14.5. The van der Waals surface area contributed by atoms with Crippen LogP contribution in [0.1, 0.15) is 37.3 Å². The second-order valence-electron chi connectivity index (χ2n) is 5.52. The molecule has 0 heterocycles. The van der Waals surface area contributed by atoms with Gasteiger partial charge in [0.25, 0.3) is 0 Å². The first-order chi connectivity index (χ1) is 11.3. The summed E-state index contributed by atoms with van der Waals surface area (Å²) in [6.45, 7) is 9.85. The van der Waals surface area contributed by atoms with E-state index in [2.05, 4.69) is 44.3 Å². The number of aliphatic carboxylic acids is 2. The fourth-order valence-electron chi connectivity index (χ4n) is 2.00. The standard InChI is InChI=1S/C15H26N2O.C2H2O4/c1-12(2)15-6-5-14(11-13(15)3)18-10-4-8-17-9-7-16;3-1(4)2(5)6/h5-6,11-12,17H,4,7-10,16H2,1-3H3;(H,3,4)(H,5,6). The molecule has 0 aliphatic heterocycles. The van der Waals surface area contributed by atoms with Crippen molar-refractivity contribution in [3.63, 3.8) is 0 Å². The van der Waals surface area contributed by atoms with Crippen molar-refractivity contribution in [2.75, 3.05) is 26.2 Å². The lowest BCUT2D eigenvalue weighted by Gasteiger charge is -2.12. The summed E-state index contributed by atoms with van der Waals surface area (Å²) < 4.78 is 5.73. The Bertz CT molecular complexity index is 506. The Morgan fingerprint density at radius 3 is 2.29 bits per heavy atom. The maximum absolute atomic E-state index is 9.10. The molecule has 0 unspecified atom stereocenters. The zero-order chi connectivity index (χ0) is 18.5. The summed E-state index contributed by atoms with van der Waals surface area (Å²) >= 11 is 0. The molecular weight excluding hydrogens is 312 g/mol. The van der Waals surface area contributed by atoms with Crippen molar-refractivity contribution in [3.8, 4) is 5.75 Å². The Morgan fingerprint density at radius 2 is 1.83 bits per heavy atom. The van der Waals surface area contributed by atoms with E-state index in [9.17, 15) is 0 Å². The third kappa shape index (κ3) is 9.81. The molecule has 5 N–H and O–H groups in total. The maximum Gasteiger partial charge on any atom is 0.414 e. The number of aryl methyl sites for hydroxylation is 1. The highest BCUT2D eigenvalue weighted by Crippen LogP contribution is 2.23. The van der Waals surface area contributed by atoms with Crippen LogP contribution in [0.3, 0.4) is 0 Å². The Labute approximate surface area is 142 Å². The van der Waals surface area contributed by atoms with E-state index in [1.165, 1.54) is 11.1 Å². The Hall–Kier alpha value is -2.12. The highest BCUT2D eigenvalue weighted by Gasteiger charge is 2.05. The number of carboxylic acids is 2. The van der Waals surface area contributed by atoms with Gasteiger partial charge in [-0.05, 0) is 49.1 Å². The van der Waals surface area contributed by atoms with Crippen LogP contribution in [0.2, 0.25) is 0 Å². The van der Waals surface area contributed by atoms with E-state index < -0.39 is 11.9 Å². The van der Waals surface area contributed by atoms with Crippen molar-refractivity contribution in [2.24, 2.45) is 5.73 Å². The highest BCUT2D eigenvalue weighted by molar-refractivity contribution is 6.27. The molecule has 7 heteroatoms. The van der Waals surface area contributed by atoms with Crippen LogP contribution in [0.15, 0.2) is 18.2 Å². The third-order valence-corrected chi connectivity index (χ3v) is 3.13. The molecule has 0 aliphatic carbocycles. The number of hydrogen-bond acceptors (Lipinski definition) is 5. The van der Waals surface area contributed by atoms with Crippen molar-refractivity contribution in [1.29, 1.82) is 0 Å². The topological polar surface area (TPSA) is 122 Å². The Balaban J connectivity index is 0.000000754. The molecule has 0 amide bonds. The number of nitrogens with one attached hydrogen (secondary N) is 1. The molecule has 0 radical (unpaired) electrons. The minimum atomic E-state index is -1.82. The minimum absolute atomic E-state index is 0.569. The number of carbonyl (C=O) groups is 2. The van der Waals surface area contributed by atoms with Crippen molar-refractivity contribution < 1.29 is 24.5 Å². The zero-order valence-electron chi connectivity index (χ0n) is 14.5. The van der Waals surface area contributed by atoms with Gasteiger partial charge in [0.2, 0.25) is 0 Å². The first-order valence-electron chi connectivity index (χ1n) is 7.90. The van der Waals surface area contributed by atoms with Gasteiger partial charge in [-0.25, -0.2) is 9.59 Å². The number of hydrogen-bond donors (Lipinski definition) is 4. The van der Waals surface area contributed by atoms with Gasteiger partial charge in [0.05, 0.1) is 6.61 Å². The lowest BCUT2D eigenvalue weighted by atomic mass is 9.98. The molecule has 1 aromatic rings. The van der Waals surface area contributed by atoms with Crippen LogP contribution in [-0.4, -0.2) is 48.4 Å². The van der Waals surface area contributed by atoms with Gasteiger partial charge in [-0.2, -0.15) is 0 Å². The SMILES string of the molecule is Cc1cc(OCCCNCCN)ccc1C(C)C.O=C(O)C(=O)O. The van der Waals surface area contributed by atoms with E-state index >= 15 is 0 Å². The fraction of sp³-hybridized carbons (Fsp3) is 0.529. The largest absolute Gasteiger partial charge is 0.494 e. The molecule has 1 rings (SSSR count). The molecule has 136 valence electrons. The van der Waals surface area contributed by atoms with Gasteiger partial charge in [0, 0.05) is 13.1 Å². The molecular formula is C17H28N2O5. The van der Waals surface area contributed by atoms with Crippen LogP contribution >= 0.6 is 0 Å². The average Bonchev–Trinajstić information content (AvgIpc) is 2.51. The summed E-state index contributed by atoms with van der Waals surface area (Å²) in [4.78, 5) is 18.2.